The molecule has 120 valence electrons. The van der Waals surface area contributed by atoms with Crippen molar-refractivity contribution in [2.24, 2.45) is 5.92 Å². The first kappa shape index (κ1) is 15.8. The van der Waals surface area contributed by atoms with Crippen molar-refractivity contribution >= 4 is 23.2 Å². The Labute approximate surface area is 136 Å². The topological polar surface area (TPSA) is 43.8 Å². The molecule has 22 heavy (non-hydrogen) atoms. The van der Waals surface area contributed by atoms with E-state index in [9.17, 15) is 9.90 Å². The number of aliphatic hydroxyl groups excluding tert-OH is 1. The highest BCUT2D eigenvalue weighted by molar-refractivity contribution is 6.30. The maximum absolute atomic E-state index is 12.8. The summed E-state index contributed by atoms with van der Waals surface area (Å²) in [7, 11) is 0. The van der Waals surface area contributed by atoms with Crippen LogP contribution in [0.15, 0.2) is 24.3 Å². The lowest BCUT2D eigenvalue weighted by molar-refractivity contribution is -0.122. The molecule has 0 radical (unpaired) electrons. The predicted molar refractivity (Wildman–Crippen MR) is 88.2 cm³/mol. The van der Waals surface area contributed by atoms with E-state index in [1.165, 1.54) is 0 Å². The largest absolute Gasteiger partial charge is 0.393 e. The fraction of sp³-hybridized carbons (Fsp3) is 0.588. The number of anilines is 1. The number of hydrogen-bond donors (Lipinski definition) is 1. The number of likely N-dealkylation sites (tertiary alicyclic amines) is 1. The fourth-order valence-corrected chi connectivity index (χ4v) is 3.81. The van der Waals surface area contributed by atoms with Crippen molar-refractivity contribution in [2.45, 2.75) is 38.3 Å². The number of nitrogens with zero attached hydrogens (tertiary/aromatic N) is 2. The van der Waals surface area contributed by atoms with Crippen LogP contribution in [0.5, 0.6) is 0 Å². The van der Waals surface area contributed by atoms with Gasteiger partial charge in [0, 0.05) is 23.8 Å². The molecule has 2 fully saturated rings. The van der Waals surface area contributed by atoms with E-state index in [-0.39, 0.29) is 24.0 Å². The Hall–Kier alpha value is -1.10. The lowest BCUT2D eigenvalue weighted by Crippen LogP contribution is -2.48. The van der Waals surface area contributed by atoms with Crippen LogP contribution in [0.3, 0.4) is 0 Å². The minimum atomic E-state index is -0.302. The zero-order valence-corrected chi connectivity index (χ0v) is 13.7. The van der Waals surface area contributed by atoms with Crippen LogP contribution in [0.1, 0.15) is 26.2 Å². The van der Waals surface area contributed by atoms with Gasteiger partial charge in [-0.05, 0) is 56.8 Å². The molecule has 0 aliphatic carbocycles. The van der Waals surface area contributed by atoms with Gasteiger partial charge in [-0.1, -0.05) is 17.7 Å². The quantitative estimate of drug-likeness (QED) is 0.930. The van der Waals surface area contributed by atoms with Crippen LogP contribution in [0.4, 0.5) is 5.69 Å². The van der Waals surface area contributed by atoms with Crippen molar-refractivity contribution in [1.29, 1.82) is 0 Å². The first-order valence-corrected chi connectivity index (χ1v) is 8.43. The Balaban J connectivity index is 1.71. The first-order valence-electron chi connectivity index (χ1n) is 8.05. The number of carbonyl (C=O) groups excluding carboxylic acids is 1. The van der Waals surface area contributed by atoms with E-state index in [1.54, 1.807) is 0 Å². The van der Waals surface area contributed by atoms with Gasteiger partial charge in [0.25, 0.3) is 0 Å². The Morgan fingerprint density at radius 2 is 2.14 bits per heavy atom. The summed E-state index contributed by atoms with van der Waals surface area (Å²) in [6, 6.07) is 7.42. The standard InChI is InChI=1S/C17H23ClN2O2/c1-12(21)13-4-3-8-19(11-13)16-7-9-20(17(16)22)15-6-2-5-14(18)10-15/h2,5-6,10,12-13,16,21H,3-4,7-9,11H2,1H3. The van der Waals surface area contributed by atoms with Crippen LogP contribution >= 0.6 is 11.6 Å². The van der Waals surface area contributed by atoms with E-state index in [0.29, 0.717) is 5.02 Å². The van der Waals surface area contributed by atoms with Gasteiger partial charge in [0.05, 0.1) is 12.1 Å². The molecule has 3 atom stereocenters. The number of benzene rings is 1. The highest BCUT2D eigenvalue weighted by Crippen LogP contribution is 2.29. The van der Waals surface area contributed by atoms with Gasteiger partial charge in [0.2, 0.25) is 5.91 Å². The molecule has 4 nitrogen and oxygen atoms in total. The van der Waals surface area contributed by atoms with Crippen molar-refractivity contribution in [3.63, 3.8) is 0 Å². The van der Waals surface area contributed by atoms with Crippen molar-refractivity contribution in [3.05, 3.63) is 29.3 Å². The first-order chi connectivity index (χ1) is 10.6. The summed E-state index contributed by atoms with van der Waals surface area (Å²) in [5.74, 6) is 0.440. The van der Waals surface area contributed by atoms with Crippen molar-refractivity contribution in [2.75, 3.05) is 24.5 Å². The van der Waals surface area contributed by atoms with Crippen molar-refractivity contribution in [3.8, 4) is 0 Å². The molecule has 2 saturated heterocycles. The molecule has 1 aromatic carbocycles. The summed E-state index contributed by atoms with van der Waals surface area (Å²) in [6.45, 7) is 4.35. The summed E-state index contributed by atoms with van der Waals surface area (Å²) < 4.78 is 0. The predicted octanol–water partition coefficient (Wildman–Crippen LogP) is 2.54. The zero-order chi connectivity index (χ0) is 15.7. The molecule has 1 aromatic rings. The second-order valence-electron chi connectivity index (χ2n) is 6.41. The average Bonchev–Trinajstić information content (AvgIpc) is 2.89. The molecule has 0 bridgehead atoms. The summed E-state index contributed by atoms with van der Waals surface area (Å²) >= 11 is 6.03. The molecule has 5 heteroatoms. The molecule has 0 aromatic heterocycles. The Kier molecular flexibility index (Phi) is 4.71. The van der Waals surface area contributed by atoms with Crippen molar-refractivity contribution < 1.29 is 9.90 Å². The van der Waals surface area contributed by atoms with Gasteiger partial charge < -0.3 is 10.0 Å². The Morgan fingerprint density at radius 3 is 2.86 bits per heavy atom. The summed E-state index contributed by atoms with van der Waals surface area (Å²) in [4.78, 5) is 16.9. The summed E-state index contributed by atoms with van der Waals surface area (Å²) in [5.41, 5.74) is 0.879. The van der Waals surface area contributed by atoms with Gasteiger partial charge >= 0.3 is 0 Å². The minimum absolute atomic E-state index is 0.0551. The lowest BCUT2D eigenvalue weighted by atomic mass is 9.92. The van der Waals surface area contributed by atoms with Crippen LogP contribution in [-0.4, -0.2) is 47.7 Å². The molecule has 2 aliphatic heterocycles. The second-order valence-corrected chi connectivity index (χ2v) is 6.85. The molecule has 1 amide bonds. The average molecular weight is 323 g/mol. The number of rotatable bonds is 3. The smallest absolute Gasteiger partial charge is 0.244 e. The van der Waals surface area contributed by atoms with E-state index in [2.05, 4.69) is 4.90 Å². The molecular formula is C17H23ClN2O2. The fourth-order valence-electron chi connectivity index (χ4n) is 3.62. The monoisotopic (exact) mass is 322 g/mol. The van der Waals surface area contributed by atoms with E-state index in [0.717, 1.165) is 44.6 Å². The Morgan fingerprint density at radius 1 is 1.32 bits per heavy atom. The van der Waals surface area contributed by atoms with Crippen LogP contribution in [0.25, 0.3) is 0 Å². The van der Waals surface area contributed by atoms with E-state index in [4.69, 9.17) is 11.6 Å². The molecule has 3 unspecified atom stereocenters. The third kappa shape index (κ3) is 3.14. The van der Waals surface area contributed by atoms with Gasteiger partial charge in [-0.3, -0.25) is 9.69 Å². The van der Waals surface area contributed by atoms with Gasteiger partial charge in [-0.15, -0.1) is 0 Å². The van der Waals surface area contributed by atoms with E-state index < -0.39 is 0 Å². The maximum atomic E-state index is 12.8. The highest BCUT2D eigenvalue weighted by Gasteiger charge is 2.38. The molecule has 1 N–H and O–H groups in total. The summed E-state index contributed by atoms with van der Waals surface area (Å²) in [6.07, 6.45) is 2.64. The van der Waals surface area contributed by atoms with Crippen molar-refractivity contribution in [1.82, 2.24) is 4.90 Å². The van der Waals surface area contributed by atoms with Crippen LogP contribution < -0.4 is 4.90 Å². The Bertz CT molecular complexity index is 549. The SMILES string of the molecule is CC(O)C1CCCN(C2CCN(c3cccc(Cl)c3)C2=O)C1. The highest BCUT2D eigenvalue weighted by atomic mass is 35.5. The van der Waals surface area contributed by atoms with Crippen LogP contribution in [0.2, 0.25) is 5.02 Å². The molecule has 2 heterocycles. The van der Waals surface area contributed by atoms with Crippen LogP contribution in [-0.2, 0) is 4.79 Å². The minimum Gasteiger partial charge on any atom is -0.393 e. The zero-order valence-electron chi connectivity index (χ0n) is 12.9. The van der Waals surface area contributed by atoms with E-state index in [1.807, 2.05) is 36.1 Å². The summed E-state index contributed by atoms with van der Waals surface area (Å²) in [5, 5.41) is 10.5. The number of halogens is 1. The number of piperidine rings is 1. The maximum Gasteiger partial charge on any atom is 0.244 e. The molecule has 0 spiro atoms. The molecule has 3 rings (SSSR count). The van der Waals surface area contributed by atoms with Gasteiger partial charge in [-0.2, -0.15) is 0 Å². The van der Waals surface area contributed by atoms with Gasteiger partial charge in [0.1, 0.15) is 0 Å². The normalized spacial score (nSPS) is 28.1. The lowest BCUT2D eigenvalue weighted by Gasteiger charge is -2.37. The number of amides is 1. The van der Waals surface area contributed by atoms with Crippen LogP contribution in [0, 0.1) is 5.92 Å². The molecular weight excluding hydrogens is 300 g/mol. The number of carbonyl (C=O) groups is 1. The number of hydrogen-bond acceptors (Lipinski definition) is 3. The third-order valence-electron chi connectivity index (χ3n) is 4.91. The molecule has 0 saturated carbocycles. The molecule has 2 aliphatic rings. The van der Waals surface area contributed by atoms with E-state index >= 15 is 0 Å². The van der Waals surface area contributed by atoms with Gasteiger partial charge in [0.15, 0.2) is 0 Å². The number of aliphatic hydroxyl groups is 1. The third-order valence-corrected chi connectivity index (χ3v) is 5.14. The van der Waals surface area contributed by atoms with Gasteiger partial charge in [-0.25, -0.2) is 0 Å². The second kappa shape index (κ2) is 6.57.